The van der Waals surface area contributed by atoms with E-state index in [0.29, 0.717) is 11.4 Å². The fourth-order valence-electron chi connectivity index (χ4n) is 1.92. The van der Waals surface area contributed by atoms with Crippen LogP contribution in [0.1, 0.15) is 21.6 Å². The van der Waals surface area contributed by atoms with Crippen molar-refractivity contribution in [2.45, 2.75) is 13.8 Å². The average molecular weight is 257 g/mol. The van der Waals surface area contributed by atoms with E-state index < -0.39 is 0 Å². The van der Waals surface area contributed by atoms with E-state index in [1.165, 1.54) is 22.5 Å². The van der Waals surface area contributed by atoms with Gasteiger partial charge in [-0.2, -0.15) is 9.61 Å². The largest absolute Gasteiger partial charge is 0.296 e. The summed E-state index contributed by atoms with van der Waals surface area (Å²) in [5, 5.41) is 4.12. The third-order valence-corrected chi connectivity index (χ3v) is 3.75. The molecule has 0 saturated carbocycles. The van der Waals surface area contributed by atoms with Gasteiger partial charge in [-0.25, -0.2) is 4.98 Å². The lowest BCUT2D eigenvalue weighted by Gasteiger charge is -2.03. The Hall–Kier alpha value is -2.01. The number of imidazole rings is 1. The summed E-state index contributed by atoms with van der Waals surface area (Å²) in [5.74, 6) is 0. The van der Waals surface area contributed by atoms with Crippen LogP contribution in [-0.4, -0.2) is 20.9 Å². The maximum Gasteiger partial charge on any atom is 0.213 e. The Kier molecular flexibility index (Phi) is 2.48. The Morgan fingerprint density at radius 2 is 2.11 bits per heavy atom. The third-order valence-electron chi connectivity index (χ3n) is 3.07. The summed E-state index contributed by atoms with van der Waals surface area (Å²) in [5.41, 5.74) is 6.26. The van der Waals surface area contributed by atoms with Gasteiger partial charge >= 0.3 is 0 Å². The van der Waals surface area contributed by atoms with Gasteiger partial charge in [0, 0.05) is 5.56 Å². The van der Waals surface area contributed by atoms with Crippen molar-refractivity contribution in [3.05, 3.63) is 40.5 Å². The van der Waals surface area contributed by atoms with E-state index >= 15 is 0 Å². The van der Waals surface area contributed by atoms with Crippen LogP contribution in [0.3, 0.4) is 0 Å². The molecule has 5 heteroatoms. The van der Waals surface area contributed by atoms with Crippen LogP contribution in [0.4, 0.5) is 0 Å². The Morgan fingerprint density at radius 1 is 1.28 bits per heavy atom. The molecule has 0 bridgehead atoms. The summed E-state index contributed by atoms with van der Waals surface area (Å²) >= 11 is 1.42. The molecule has 0 fully saturated rings. The molecule has 18 heavy (non-hydrogen) atoms. The van der Waals surface area contributed by atoms with E-state index in [0.717, 1.165) is 16.8 Å². The van der Waals surface area contributed by atoms with E-state index in [1.807, 2.05) is 12.1 Å². The molecule has 3 rings (SSSR count). The highest BCUT2D eigenvalue weighted by Crippen LogP contribution is 2.26. The molecule has 0 aliphatic carbocycles. The smallest absolute Gasteiger partial charge is 0.213 e. The average Bonchev–Trinajstić information content (AvgIpc) is 2.92. The fraction of sp³-hybridized carbons (Fsp3) is 0.154. The van der Waals surface area contributed by atoms with Crippen molar-refractivity contribution in [3.8, 4) is 11.3 Å². The summed E-state index contributed by atoms with van der Waals surface area (Å²) in [6.07, 6.45) is 0.810. The van der Waals surface area contributed by atoms with Gasteiger partial charge in [-0.1, -0.05) is 23.5 Å². The predicted molar refractivity (Wildman–Crippen MR) is 71.2 cm³/mol. The second-order valence-corrected chi connectivity index (χ2v) is 5.01. The minimum Gasteiger partial charge on any atom is -0.296 e. The topological polar surface area (TPSA) is 47.3 Å². The van der Waals surface area contributed by atoms with E-state index in [2.05, 4.69) is 30.0 Å². The molecule has 0 spiro atoms. The van der Waals surface area contributed by atoms with E-state index in [-0.39, 0.29) is 0 Å². The van der Waals surface area contributed by atoms with Crippen LogP contribution in [0.2, 0.25) is 0 Å². The lowest BCUT2D eigenvalue weighted by molar-refractivity contribution is 0.111. The molecule has 0 unspecified atom stereocenters. The molecular formula is C13H11N3OS. The molecule has 1 aromatic carbocycles. The van der Waals surface area contributed by atoms with Gasteiger partial charge in [-0.05, 0) is 31.0 Å². The summed E-state index contributed by atoms with van der Waals surface area (Å²) in [7, 11) is 0. The van der Waals surface area contributed by atoms with Crippen molar-refractivity contribution in [3.63, 3.8) is 0 Å². The van der Waals surface area contributed by atoms with Crippen LogP contribution in [0.15, 0.2) is 23.7 Å². The third kappa shape index (κ3) is 1.55. The first-order valence-corrected chi connectivity index (χ1v) is 6.43. The second kappa shape index (κ2) is 4.03. The van der Waals surface area contributed by atoms with Crippen molar-refractivity contribution < 1.29 is 4.79 Å². The minimum atomic E-state index is 0.509. The number of benzene rings is 1. The standard InChI is InChI=1S/C13H11N3OS/c1-8-3-4-10(5-9(8)2)12-11(6-17)16-13(15-12)18-7-14-16/h3-7H,1-2H3. The van der Waals surface area contributed by atoms with Gasteiger partial charge in [-0.15, -0.1) is 0 Å². The molecule has 0 atom stereocenters. The molecular weight excluding hydrogens is 246 g/mol. The number of aromatic nitrogens is 3. The molecule has 0 aliphatic heterocycles. The van der Waals surface area contributed by atoms with Gasteiger partial charge in [-0.3, -0.25) is 4.79 Å². The molecule has 0 radical (unpaired) electrons. The number of carbonyl (C=O) groups is 1. The monoisotopic (exact) mass is 257 g/mol. The highest BCUT2D eigenvalue weighted by molar-refractivity contribution is 7.14. The van der Waals surface area contributed by atoms with Gasteiger partial charge in [0.2, 0.25) is 4.96 Å². The van der Waals surface area contributed by atoms with Gasteiger partial charge < -0.3 is 0 Å². The van der Waals surface area contributed by atoms with Crippen molar-refractivity contribution in [1.29, 1.82) is 0 Å². The van der Waals surface area contributed by atoms with E-state index in [4.69, 9.17) is 0 Å². The lowest BCUT2D eigenvalue weighted by atomic mass is 10.0. The van der Waals surface area contributed by atoms with E-state index in [9.17, 15) is 4.79 Å². The van der Waals surface area contributed by atoms with Crippen LogP contribution >= 0.6 is 11.3 Å². The van der Waals surface area contributed by atoms with Crippen molar-refractivity contribution in [2.24, 2.45) is 0 Å². The second-order valence-electron chi connectivity index (χ2n) is 4.20. The SMILES string of the molecule is Cc1ccc(-c2nc3scnn3c2C=O)cc1C. The zero-order chi connectivity index (χ0) is 12.7. The first kappa shape index (κ1) is 11.1. The normalized spacial score (nSPS) is 11.0. The molecule has 4 nitrogen and oxygen atoms in total. The number of carbonyl (C=O) groups excluding carboxylic acids is 1. The van der Waals surface area contributed by atoms with Crippen LogP contribution in [0, 0.1) is 13.8 Å². The highest BCUT2D eigenvalue weighted by atomic mass is 32.1. The highest BCUT2D eigenvalue weighted by Gasteiger charge is 2.15. The molecule has 2 heterocycles. The van der Waals surface area contributed by atoms with Crippen LogP contribution in [0.5, 0.6) is 0 Å². The Balaban J connectivity index is 2.26. The zero-order valence-corrected chi connectivity index (χ0v) is 10.9. The van der Waals surface area contributed by atoms with Crippen LogP contribution in [0.25, 0.3) is 16.2 Å². The fourth-order valence-corrected chi connectivity index (χ4v) is 2.54. The zero-order valence-electron chi connectivity index (χ0n) is 10.0. The van der Waals surface area contributed by atoms with Crippen molar-refractivity contribution >= 4 is 22.6 Å². The number of rotatable bonds is 2. The number of fused-ring (bicyclic) bond motifs is 1. The van der Waals surface area contributed by atoms with Crippen molar-refractivity contribution in [1.82, 2.24) is 14.6 Å². The molecule has 2 aromatic heterocycles. The molecule has 3 aromatic rings. The van der Waals surface area contributed by atoms with Crippen molar-refractivity contribution in [2.75, 3.05) is 0 Å². The predicted octanol–water partition coefficient (Wildman–Crippen LogP) is 2.89. The molecule has 90 valence electrons. The number of hydrogen-bond donors (Lipinski definition) is 0. The Morgan fingerprint density at radius 3 is 2.83 bits per heavy atom. The lowest BCUT2D eigenvalue weighted by Crippen LogP contribution is -1.93. The van der Waals surface area contributed by atoms with Crippen LogP contribution in [-0.2, 0) is 0 Å². The van der Waals surface area contributed by atoms with Gasteiger partial charge in [0.25, 0.3) is 0 Å². The maximum absolute atomic E-state index is 11.2. The number of nitrogens with zero attached hydrogens (tertiary/aromatic N) is 3. The summed E-state index contributed by atoms with van der Waals surface area (Å²) in [6, 6.07) is 6.08. The summed E-state index contributed by atoms with van der Waals surface area (Å²) in [4.78, 5) is 16.4. The number of aldehydes is 1. The maximum atomic E-state index is 11.2. The Labute approximate surface area is 108 Å². The summed E-state index contributed by atoms with van der Waals surface area (Å²) in [6.45, 7) is 4.11. The first-order valence-electron chi connectivity index (χ1n) is 5.55. The molecule has 0 saturated heterocycles. The molecule has 0 amide bonds. The van der Waals surface area contributed by atoms with Gasteiger partial charge in [0.1, 0.15) is 16.9 Å². The quantitative estimate of drug-likeness (QED) is 0.663. The van der Waals surface area contributed by atoms with Crippen LogP contribution < -0.4 is 0 Å². The minimum absolute atomic E-state index is 0.509. The first-order chi connectivity index (χ1) is 8.70. The number of aryl methyl sites for hydroxylation is 2. The Bertz CT molecular complexity index is 742. The van der Waals surface area contributed by atoms with E-state index in [1.54, 1.807) is 10.0 Å². The van der Waals surface area contributed by atoms with Gasteiger partial charge in [0.05, 0.1) is 0 Å². The molecule has 0 aliphatic rings. The van der Waals surface area contributed by atoms with Gasteiger partial charge in [0.15, 0.2) is 6.29 Å². The number of hydrogen-bond acceptors (Lipinski definition) is 4. The molecule has 0 N–H and O–H groups in total. The summed E-state index contributed by atoms with van der Waals surface area (Å²) < 4.78 is 1.59.